The number of guanidine groups is 1. The number of hydrogen-bond donors (Lipinski definition) is 3. The smallest absolute Gasteiger partial charge is 0.246 e. The molecule has 0 aliphatic heterocycles. The van der Waals surface area contributed by atoms with Gasteiger partial charge >= 0.3 is 0 Å². The van der Waals surface area contributed by atoms with E-state index in [9.17, 15) is 4.79 Å². The van der Waals surface area contributed by atoms with Gasteiger partial charge in [-0.05, 0) is 55.4 Å². The number of rotatable bonds is 9. The normalized spacial score (nSPS) is 15.7. The van der Waals surface area contributed by atoms with Crippen LogP contribution in [0.2, 0.25) is 0 Å². The van der Waals surface area contributed by atoms with Gasteiger partial charge in [0.15, 0.2) is 5.96 Å². The number of aliphatic imine (C=N–C) groups is 1. The molecule has 1 heterocycles. The maximum absolute atomic E-state index is 12.2. The van der Waals surface area contributed by atoms with E-state index >= 15 is 0 Å². The van der Waals surface area contributed by atoms with Gasteiger partial charge in [-0.15, -0.1) is 0 Å². The quantitative estimate of drug-likeness (QED) is 0.436. The zero-order valence-electron chi connectivity index (χ0n) is 18.2. The molecule has 1 aliphatic carbocycles. The molecule has 0 saturated heterocycles. The molecular formula is C23H34N6O. The van der Waals surface area contributed by atoms with Crippen LogP contribution in [0, 0.1) is 5.41 Å². The second-order valence-corrected chi connectivity index (χ2v) is 8.06. The Morgan fingerprint density at radius 2 is 2.03 bits per heavy atom. The topological polar surface area (TPSA) is 83.3 Å². The van der Waals surface area contributed by atoms with Crippen molar-refractivity contribution < 1.29 is 4.79 Å². The van der Waals surface area contributed by atoms with Gasteiger partial charge in [-0.25, -0.2) is 4.99 Å². The van der Waals surface area contributed by atoms with Crippen molar-refractivity contribution in [2.24, 2.45) is 10.4 Å². The van der Waals surface area contributed by atoms with Gasteiger partial charge in [0.25, 0.3) is 0 Å². The third-order valence-electron chi connectivity index (χ3n) is 5.88. The Morgan fingerprint density at radius 1 is 1.20 bits per heavy atom. The molecule has 1 amide bonds. The molecule has 2 aromatic rings. The van der Waals surface area contributed by atoms with Crippen LogP contribution in [-0.2, 0) is 17.9 Å². The Morgan fingerprint density at radius 3 is 2.73 bits per heavy atom. The summed E-state index contributed by atoms with van der Waals surface area (Å²) in [6.45, 7) is 6.93. The molecule has 1 saturated carbocycles. The molecule has 0 atom stereocenters. The van der Waals surface area contributed by atoms with Crippen molar-refractivity contribution in [2.45, 2.75) is 59.0 Å². The average Bonchev–Trinajstić information content (AvgIpc) is 3.43. The lowest BCUT2D eigenvalue weighted by atomic mass is 9.83. The first kappa shape index (κ1) is 21.9. The van der Waals surface area contributed by atoms with E-state index < -0.39 is 0 Å². The fraction of sp³-hybridized carbons (Fsp3) is 0.522. The summed E-state index contributed by atoms with van der Waals surface area (Å²) in [6, 6.07) is 9.64. The monoisotopic (exact) mass is 410 g/mol. The van der Waals surface area contributed by atoms with Crippen LogP contribution in [0.25, 0.3) is 0 Å². The molecule has 162 valence electrons. The maximum Gasteiger partial charge on any atom is 0.246 e. The summed E-state index contributed by atoms with van der Waals surface area (Å²) >= 11 is 0. The number of hydrogen-bond acceptors (Lipinski definition) is 3. The molecule has 1 fully saturated rings. The van der Waals surface area contributed by atoms with E-state index in [2.05, 4.69) is 34.9 Å². The molecule has 7 nitrogen and oxygen atoms in total. The number of carbonyl (C=O) groups excluding carboxylic acids is 1. The highest BCUT2D eigenvalue weighted by Crippen LogP contribution is 2.40. The summed E-state index contributed by atoms with van der Waals surface area (Å²) in [4.78, 5) is 17.0. The van der Waals surface area contributed by atoms with Gasteiger partial charge in [0.05, 0.1) is 6.54 Å². The summed E-state index contributed by atoms with van der Waals surface area (Å²) < 4.78 is 1.60. The fourth-order valence-electron chi connectivity index (χ4n) is 4.05. The van der Waals surface area contributed by atoms with Crippen molar-refractivity contribution >= 4 is 17.6 Å². The van der Waals surface area contributed by atoms with Crippen LogP contribution < -0.4 is 16.0 Å². The molecule has 3 rings (SSSR count). The molecule has 0 bridgehead atoms. The molecule has 7 heteroatoms. The number of anilines is 1. The second kappa shape index (κ2) is 10.8. The molecule has 0 spiro atoms. The van der Waals surface area contributed by atoms with E-state index in [1.54, 1.807) is 23.1 Å². The lowest BCUT2D eigenvalue weighted by Gasteiger charge is -2.28. The van der Waals surface area contributed by atoms with Crippen LogP contribution in [0.1, 0.15) is 51.5 Å². The predicted octanol–water partition coefficient (Wildman–Crippen LogP) is 3.55. The highest BCUT2D eigenvalue weighted by atomic mass is 16.2. The molecule has 0 unspecified atom stereocenters. The molecule has 30 heavy (non-hydrogen) atoms. The lowest BCUT2D eigenvalue weighted by Crippen LogP contribution is -2.42. The summed E-state index contributed by atoms with van der Waals surface area (Å²) in [6.07, 6.45) is 9.92. The number of nitrogens with zero attached hydrogens (tertiary/aromatic N) is 3. The first-order chi connectivity index (χ1) is 14.6. The van der Waals surface area contributed by atoms with Crippen LogP contribution in [-0.4, -0.2) is 34.7 Å². The Kier molecular flexibility index (Phi) is 7.88. The van der Waals surface area contributed by atoms with Gasteiger partial charge in [-0.3, -0.25) is 9.48 Å². The van der Waals surface area contributed by atoms with E-state index in [1.807, 2.05) is 24.3 Å². The van der Waals surface area contributed by atoms with Crippen molar-refractivity contribution in [2.75, 3.05) is 18.4 Å². The number of aromatic nitrogens is 2. The standard InChI is InChI=1S/C23H34N6O/c1-3-23(11-5-6-12-23)18-26-22(24-4-2)25-16-19-9-7-10-20(15-19)28-21(30)17-29-14-8-13-27-29/h7-10,13-15H,3-6,11-12,16-18H2,1-2H3,(H,28,30)(H2,24,25,26). The van der Waals surface area contributed by atoms with E-state index in [-0.39, 0.29) is 12.5 Å². The van der Waals surface area contributed by atoms with Crippen molar-refractivity contribution in [3.05, 3.63) is 48.3 Å². The highest BCUT2D eigenvalue weighted by molar-refractivity contribution is 5.90. The largest absolute Gasteiger partial charge is 0.357 e. The Labute approximate surface area is 179 Å². The van der Waals surface area contributed by atoms with Crippen molar-refractivity contribution in [1.29, 1.82) is 0 Å². The van der Waals surface area contributed by atoms with Gasteiger partial charge in [-0.2, -0.15) is 5.10 Å². The summed E-state index contributed by atoms with van der Waals surface area (Å²) in [7, 11) is 0. The zero-order chi connectivity index (χ0) is 21.2. The van der Waals surface area contributed by atoms with Gasteiger partial charge in [-0.1, -0.05) is 31.9 Å². The minimum Gasteiger partial charge on any atom is -0.357 e. The lowest BCUT2D eigenvalue weighted by molar-refractivity contribution is -0.116. The van der Waals surface area contributed by atoms with Crippen molar-refractivity contribution in [1.82, 2.24) is 20.4 Å². The first-order valence-electron chi connectivity index (χ1n) is 11.0. The minimum atomic E-state index is -0.101. The number of carbonyl (C=O) groups is 1. The van der Waals surface area contributed by atoms with Crippen LogP contribution in [0.4, 0.5) is 5.69 Å². The van der Waals surface area contributed by atoms with E-state index in [1.165, 1.54) is 32.1 Å². The van der Waals surface area contributed by atoms with Gasteiger partial charge < -0.3 is 16.0 Å². The summed E-state index contributed by atoms with van der Waals surface area (Å²) in [5.74, 6) is 0.751. The molecule has 3 N–H and O–H groups in total. The number of benzene rings is 1. The van der Waals surface area contributed by atoms with Crippen LogP contribution in [0.3, 0.4) is 0 Å². The van der Waals surface area contributed by atoms with Gasteiger partial charge in [0.2, 0.25) is 5.91 Å². The zero-order valence-corrected chi connectivity index (χ0v) is 18.2. The van der Waals surface area contributed by atoms with Gasteiger partial charge in [0.1, 0.15) is 6.54 Å². The van der Waals surface area contributed by atoms with E-state index in [4.69, 9.17) is 4.99 Å². The minimum absolute atomic E-state index is 0.101. The third kappa shape index (κ3) is 6.34. The second-order valence-electron chi connectivity index (χ2n) is 8.06. The van der Waals surface area contributed by atoms with Crippen LogP contribution >= 0.6 is 0 Å². The first-order valence-corrected chi connectivity index (χ1v) is 11.0. The number of nitrogens with one attached hydrogen (secondary N) is 3. The Balaban J connectivity index is 1.57. The number of amides is 1. The SMILES string of the molecule is CCNC(=NCc1cccc(NC(=O)Cn2cccn2)c1)NCC1(CC)CCCC1. The average molecular weight is 411 g/mol. The van der Waals surface area contributed by atoms with Crippen LogP contribution in [0.5, 0.6) is 0 Å². The van der Waals surface area contributed by atoms with E-state index in [0.717, 1.165) is 30.3 Å². The predicted molar refractivity (Wildman–Crippen MR) is 121 cm³/mol. The Hall–Kier alpha value is -2.83. The third-order valence-corrected chi connectivity index (χ3v) is 5.88. The summed E-state index contributed by atoms with van der Waals surface area (Å²) in [5.41, 5.74) is 2.23. The molecular weight excluding hydrogens is 376 g/mol. The van der Waals surface area contributed by atoms with Gasteiger partial charge in [0, 0.05) is 31.2 Å². The molecule has 1 aliphatic rings. The molecule has 1 aromatic carbocycles. The Bertz CT molecular complexity index is 824. The highest BCUT2D eigenvalue weighted by Gasteiger charge is 2.31. The van der Waals surface area contributed by atoms with Crippen LogP contribution in [0.15, 0.2) is 47.7 Å². The summed E-state index contributed by atoms with van der Waals surface area (Å²) in [5, 5.41) is 13.9. The van der Waals surface area contributed by atoms with E-state index in [0.29, 0.717) is 12.0 Å². The van der Waals surface area contributed by atoms with Crippen molar-refractivity contribution in [3.8, 4) is 0 Å². The molecule has 0 radical (unpaired) electrons. The fourth-order valence-corrected chi connectivity index (χ4v) is 4.05. The molecule has 1 aromatic heterocycles. The maximum atomic E-state index is 12.2. The van der Waals surface area contributed by atoms with Crippen molar-refractivity contribution in [3.63, 3.8) is 0 Å².